The van der Waals surface area contributed by atoms with Gasteiger partial charge >= 0.3 is 0 Å². The number of hydrogen-bond acceptors (Lipinski definition) is 5. The number of aliphatic hydroxyl groups excluding tert-OH is 2. The van der Waals surface area contributed by atoms with Crippen LogP contribution in [0.3, 0.4) is 0 Å². The highest BCUT2D eigenvalue weighted by Gasteiger charge is 2.57. The standard InChI is InChI=1S/C19H28O5/c1-18(16(21)14-22-13-15-8-4-2-5-9-15)17(12-20)23-19(24-18)10-6-3-7-11-19/h2,4-5,8-9,16-17,20-21H,3,6-7,10-14H2,1H3/t16-,17-,18+/m0/s1. The van der Waals surface area contributed by atoms with E-state index in [1.54, 1.807) is 0 Å². The van der Waals surface area contributed by atoms with E-state index >= 15 is 0 Å². The molecule has 2 fully saturated rings. The Bertz CT molecular complexity index is 514. The van der Waals surface area contributed by atoms with Crippen molar-refractivity contribution in [3.8, 4) is 0 Å². The topological polar surface area (TPSA) is 68.2 Å². The molecule has 1 heterocycles. The molecule has 1 aromatic carbocycles. The van der Waals surface area contributed by atoms with Gasteiger partial charge in [0.15, 0.2) is 5.79 Å². The van der Waals surface area contributed by atoms with Crippen molar-refractivity contribution in [3.63, 3.8) is 0 Å². The second-order valence-corrected chi connectivity index (χ2v) is 7.06. The molecule has 24 heavy (non-hydrogen) atoms. The van der Waals surface area contributed by atoms with Gasteiger partial charge in [-0.3, -0.25) is 0 Å². The van der Waals surface area contributed by atoms with Gasteiger partial charge in [-0.05, 0) is 25.3 Å². The molecule has 3 atom stereocenters. The summed E-state index contributed by atoms with van der Waals surface area (Å²) in [5.74, 6) is -0.652. The van der Waals surface area contributed by atoms with Crippen molar-refractivity contribution in [2.75, 3.05) is 13.2 Å². The fourth-order valence-electron chi connectivity index (χ4n) is 3.71. The molecule has 5 heteroatoms. The van der Waals surface area contributed by atoms with E-state index in [0.29, 0.717) is 6.61 Å². The summed E-state index contributed by atoms with van der Waals surface area (Å²) in [4.78, 5) is 0. The Morgan fingerprint density at radius 3 is 2.58 bits per heavy atom. The van der Waals surface area contributed by atoms with Crippen molar-refractivity contribution in [3.05, 3.63) is 35.9 Å². The van der Waals surface area contributed by atoms with Gasteiger partial charge in [-0.1, -0.05) is 36.8 Å². The van der Waals surface area contributed by atoms with Crippen LogP contribution in [0, 0.1) is 0 Å². The summed E-state index contributed by atoms with van der Waals surface area (Å²) in [6.45, 7) is 2.22. The van der Waals surface area contributed by atoms with Crippen LogP contribution in [0.5, 0.6) is 0 Å². The van der Waals surface area contributed by atoms with E-state index in [1.807, 2.05) is 37.3 Å². The summed E-state index contributed by atoms with van der Waals surface area (Å²) >= 11 is 0. The molecule has 1 aromatic rings. The Kier molecular flexibility index (Phi) is 5.57. The van der Waals surface area contributed by atoms with Gasteiger partial charge in [0.2, 0.25) is 0 Å². The molecule has 0 radical (unpaired) electrons. The molecule has 2 N–H and O–H groups in total. The Morgan fingerprint density at radius 1 is 1.21 bits per heavy atom. The zero-order valence-electron chi connectivity index (χ0n) is 14.3. The van der Waals surface area contributed by atoms with Crippen molar-refractivity contribution in [1.29, 1.82) is 0 Å². The van der Waals surface area contributed by atoms with E-state index < -0.39 is 23.6 Å². The molecule has 5 nitrogen and oxygen atoms in total. The van der Waals surface area contributed by atoms with Gasteiger partial charge in [0, 0.05) is 12.8 Å². The predicted octanol–water partition coefficient (Wildman–Crippen LogP) is 2.39. The van der Waals surface area contributed by atoms with Gasteiger partial charge in [-0.15, -0.1) is 0 Å². The summed E-state index contributed by atoms with van der Waals surface area (Å²) in [6.07, 6.45) is 3.51. The minimum Gasteiger partial charge on any atom is -0.394 e. The van der Waals surface area contributed by atoms with Gasteiger partial charge in [0.05, 0.1) is 19.8 Å². The fraction of sp³-hybridized carbons (Fsp3) is 0.684. The molecule has 0 unspecified atom stereocenters. The van der Waals surface area contributed by atoms with Crippen molar-refractivity contribution < 1.29 is 24.4 Å². The SMILES string of the molecule is C[C@]1([C@@H](O)COCc2ccccc2)OC2(CCCCC2)O[C@H]1CO. The van der Waals surface area contributed by atoms with Gasteiger partial charge in [0.25, 0.3) is 0 Å². The number of ether oxygens (including phenoxy) is 3. The second kappa shape index (κ2) is 7.50. The number of hydrogen-bond donors (Lipinski definition) is 2. The van der Waals surface area contributed by atoms with Crippen LogP contribution in [-0.4, -0.2) is 47.0 Å². The Labute approximate surface area is 143 Å². The normalized spacial score (nSPS) is 30.5. The minimum absolute atomic E-state index is 0.140. The molecule has 1 aliphatic carbocycles. The van der Waals surface area contributed by atoms with E-state index in [4.69, 9.17) is 14.2 Å². The molecule has 0 bridgehead atoms. The van der Waals surface area contributed by atoms with Crippen molar-refractivity contribution in [2.45, 2.75) is 69.2 Å². The lowest BCUT2D eigenvalue weighted by molar-refractivity contribution is -0.221. The van der Waals surface area contributed by atoms with Gasteiger partial charge < -0.3 is 24.4 Å². The molecule has 1 saturated carbocycles. The molecule has 3 rings (SSSR count). The first kappa shape index (κ1) is 17.8. The van der Waals surface area contributed by atoms with Crippen LogP contribution in [0.15, 0.2) is 30.3 Å². The smallest absolute Gasteiger partial charge is 0.169 e. The van der Waals surface area contributed by atoms with Gasteiger partial charge in [-0.2, -0.15) is 0 Å². The average molecular weight is 336 g/mol. The number of rotatable bonds is 6. The Morgan fingerprint density at radius 2 is 1.92 bits per heavy atom. The van der Waals surface area contributed by atoms with Crippen LogP contribution in [0.2, 0.25) is 0 Å². The molecular weight excluding hydrogens is 308 g/mol. The van der Waals surface area contributed by atoms with Crippen LogP contribution >= 0.6 is 0 Å². The highest BCUT2D eigenvalue weighted by Crippen LogP contribution is 2.46. The summed E-state index contributed by atoms with van der Waals surface area (Å²) in [5, 5.41) is 20.4. The van der Waals surface area contributed by atoms with E-state index in [9.17, 15) is 10.2 Å². The maximum absolute atomic E-state index is 10.7. The first-order chi connectivity index (χ1) is 11.6. The lowest BCUT2D eigenvalue weighted by atomic mass is 9.92. The summed E-state index contributed by atoms with van der Waals surface area (Å²) in [5.41, 5.74) is 0.101. The van der Waals surface area contributed by atoms with E-state index in [1.165, 1.54) is 6.42 Å². The van der Waals surface area contributed by atoms with Crippen LogP contribution in [0.4, 0.5) is 0 Å². The zero-order chi connectivity index (χ0) is 17.0. The molecule has 0 amide bonds. The molecule has 1 spiro atoms. The molecule has 1 saturated heterocycles. The average Bonchev–Trinajstić information content (AvgIpc) is 2.89. The molecule has 134 valence electrons. The Balaban J connectivity index is 1.60. The highest BCUT2D eigenvalue weighted by molar-refractivity contribution is 5.13. The van der Waals surface area contributed by atoms with E-state index in [0.717, 1.165) is 31.2 Å². The van der Waals surface area contributed by atoms with E-state index in [2.05, 4.69) is 0 Å². The minimum atomic E-state index is -0.956. The fourth-order valence-corrected chi connectivity index (χ4v) is 3.71. The maximum Gasteiger partial charge on any atom is 0.169 e. The number of aliphatic hydroxyl groups is 2. The largest absolute Gasteiger partial charge is 0.394 e. The van der Waals surface area contributed by atoms with Crippen LogP contribution in [0.1, 0.15) is 44.6 Å². The first-order valence-corrected chi connectivity index (χ1v) is 8.87. The summed E-state index contributed by atoms with van der Waals surface area (Å²) < 4.78 is 17.9. The van der Waals surface area contributed by atoms with E-state index in [-0.39, 0.29) is 13.2 Å². The van der Waals surface area contributed by atoms with Crippen LogP contribution in [0.25, 0.3) is 0 Å². The molecule has 2 aliphatic rings. The maximum atomic E-state index is 10.7. The van der Waals surface area contributed by atoms with Crippen LogP contribution < -0.4 is 0 Å². The first-order valence-electron chi connectivity index (χ1n) is 8.87. The molecule has 0 aromatic heterocycles. The van der Waals surface area contributed by atoms with Crippen LogP contribution in [-0.2, 0) is 20.8 Å². The molecular formula is C19H28O5. The quantitative estimate of drug-likeness (QED) is 0.835. The second-order valence-electron chi connectivity index (χ2n) is 7.06. The van der Waals surface area contributed by atoms with Crippen molar-refractivity contribution >= 4 is 0 Å². The number of benzene rings is 1. The lowest BCUT2D eigenvalue weighted by Gasteiger charge is -2.36. The summed E-state index contributed by atoms with van der Waals surface area (Å²) in [6, 6.07) is 9.84. The van der Waals surface area contributed by atoms with Crippen molar-refractivity contribution in [1.82, 2.24) is 0 Å². The van der Waals surface area contributed by atoms with Gasteiger partial charge in [-0.25, -0.2) is 0 Å². The van der Waals surface area contributed by atoms with Crippen molar-refractivity contribution in [2.24, 2.45) is 0 Å². The summed E-state index contributed by atoms with van der Waals surface area (Å²) in [7, 11) is 0. The third-order valence-electron chi connectivity index (χ3n) is 5.23. The highest BCUT2D eigenvalue weighted by atomic mass is 16.8. The Hall–Kier alpha value is -0.980. The predicted molar refractivity (Wildman–Crippen MR) is 89.4 cm³/mol. The third kappa shape index (κ3) is 3.65. The monoisotopic (exact) mass is 336 g/mol. The zero-order valence-corrected chi connectivity index (χ0v) is 14.3. The third-order valence-corrected chi connectivity index (χ3v) is 5.23. The van der Waals surface area contributed by atoms with Gasteiger partial charge in [0.1, 0.15) is 17.8 Å². The lowest BCUT2D eigenvalue weighted by Crippen LogP contribution is -2.51. The molecule has 1 aliphatic heterocycles.